The van der Waals surface area contributed by atoms with Crippen LogP contribution in [0.4, 0.5) is 14.5 Å². The Morgan fingerprint density at radius 1 is 1.30 bits per heavy atom. The van der Waals surface area contributed by atoms with E-state index in [4.69, 9.17) is 0 Å². The van der Waals surface area contributed by atoms with Crippen LogP contribution in [0.15, 0.2) is 18.2 Å². The first kappa shape index (κ1) is 15.2. The minimum atomic E-state index is -0.782. The van der Waals surface area contributed by atoms with Gasteiger partial charge in [-0.25, -0.2) is 8.78 Å². The maximum Gasteiger partial charge on any atom is 0.160 e. The number of nitrogens with one attached hydrogen (secondary N) is 1. The second-order valence-electron chi connectivity index (χ2n) is 6.05. The number of rotatable bonds is 4. The number of anilines is 1. The molecule has 1 aliphatic heterocycles. The summed E-state index contributed by atoms with van der Waals surface area (Å²) in [6.07, 6.45) is 2.08. The van der Waals surface area contributed by atoms with Crippen LogP contribution >= 0.6 is 0 Å². The highest BCUT2D eigenvalue weighted by Gasteiger charge is 2.27. The number of hydrogen-bond donors (Lipinski definition) is 1. The van der Waals surface area contributed by atoms with Gasteiger partial charge in [-0.1, -0.05) is 20.8 Å². The molecule has 1 aromatic carbocycles. The maximum absolute atomic E-state index is 13.5. The van der Waals surface area contributed by atoms with Crippen molar-refractivity contribution in [3.05, 3.63) is 29.8 Å². The van der Waals surface area contributed by atoms with E-state index in [0.717, 1.165) is 31.6 Å². The summed E-state index contributed by atoms with van der Waals surface area (Å²) in [4.78, 5) is 2.21. The molecule has 2 unspecified atom stereocenters. The standard InChI is InChI=1S/C16H24F2N2/c1-4-13-9-19-12(7-11(2)3)10-20(13)14-5-6-15(17)16(18)8-14/h5-6,8,11-13,19H,4,7,9-10H2,1-3H3. The predicted molar refractivity (Wildman–Crippen MR) is 79.0 cm³/mol. The Morgan fingerprint density at radius 2 is 2.05 bits per heavy atom. The zero-order valence-corrected chi connectivity index (χ0v) is 12.5. The molecule has 1 saturated heterocycles. The van der Waals surface area contributed by atoms with Crippen LogP contribution in [0.1, 0.15) is 33.6 Å². The predicted octanol–water partition coefficient (Wildman–Crippen LogP) is 3.57. The normalized spacial score (nSPS) is 23.4. The van der Waals surface area contributed by atoms with Crippen molar-refractivity contribution in [1.29, 1.82) is 0 Å². The van der Waals surface area contributed by atoms with Crippen LogP contribution in [0.3, 0.4) is 0 Å². The van der Waals surface area contributed by atoms with E-state index in [-0.39, 0.29) is 0 Å². The van der Waals surface area contributed by atoms with Crippen molar-refractivity contribution in [2.24, 2.45) is 5.92 Å². The molecule has 1 aromatic rings. The van der Waals surface area contributed by atoms with E-state index in [2.05, 4.69) is 31.0 Å². The highest BCUT2D eigenvalue weighted by Crippen LogP contribution is 2.24. The lowest BCUT2D eigenvalue weighted by Gasteiger charge is -2.42. The molecule has 20 heavy (non-hydrogen) atoms. The summed E-state index contributed by atoms with van der Waals surface area (Å²) in [5.74, 6) is -0.926. The molecule has 0 spiro atoms. The van der Waals surface area contributed by atoms with Gasteiger partial charge in [-0.3, -0.25) is 0 Å². The zero-order chi connectivity index (χ0) is 14.7. The van der Waals surface area contributed by atoms with E-state index < -0.39 is 11.6 Å². The number of nitrogens with zero attached hydrogens (tertiary/aromatic N) is 1. The van der Waals surface area contributed by atoms with Gasteiger partial charge in [0.1, 0.15) is 0 Å². The van der Waals surface area contributed by atoms with Crippen LogP contribution in [0.2, 0.25) is 0 Å². The van der Waals surface area contributed by atoms with Gasteiger partial charge in [0.2, 0.25) is 0 Å². The van der Waals surface area contributed by atoms with Crippen LogP contribution in [0.25, 0.3) is 0 Å². The van der Waals surface area contributed by atoms with E-state index in [1.165, 1.54) is 12.1 Å². The summed E-state index contributed by atoms with van der Waals surface area (Å²) in [7, 11) is 0. The van der Waals surface area contributed by atoms with E-state index in [9.17, 15) is 8.78 Å². The zero-order valence-electron chi connectivity index (χ0n) is 12.5. The number of benzene rings is 1. The monoisotopic (exact) mass is 282 g/mol. The number of piperazine rings is 1. The molecule has 4 heteroatoms. The summed E-state index contributed by atoms with van der Waals surface area (Å²) >= 11 is 0. The average Bonchev–Trinajstić information content (AvgIpc) is 2.41. The molecule has 1 fully saturated rings. The molecule has 0 saturated carbocycles. The van der Waals surface area contributed by atoms with Crippen molar-refractivity contribution in [3.63, 3.8) is 0 Å². The minimum absolute atomic E-state index is 0.336. The smallest absolute Gasteiger partial charge is 0.160 e. The molecular weight excluding hydrogens is 258 g/mol. The van der Waals surface area contributed by atoms with Gasteiger partial charge < -0.3 is 10.2 Å². The fraction of sp³-hybridized carbons (Fsp3) is 0.625. The molecule has 1 heterocycles. The lowest BCUT2D eigenvalue weighted by molar-refractivity contribution is 0.343. The summed E-state index contributed by atoms with van der Waals surface area (Å²) < 4.78 is 26.5. The molecule has 0 amide bonds. The van der Waals surface area contributed by atoms with Gasteiger partial charge in [-0.15, -0.1) is 0 Å². The summed E-state index contributed by atoms with van der Waals surface area (Å²) in [5.41, 5.74) is 0.783. The second kappa shape index (κ2) is 6.53. The summed E-state index contributed by atoms with van der Waals surface area (Å²) in [5, 5.41) is 3.57. The average molecular weight is 282 g/mol. The van der Waals surface area contributed by atoms with Crippen molar-refractivity contribution in [2.45, 2.75) is 45.7 Å². The van der Waals surface area contributed by atoms with Gasteiger partial charge >= 0.3 is 0 Å². The van der Waals surface area contributed by atoms with Gasteiger partial charge in [0.05, 0.1) is 0 Å². The third kappa shape index (κ3) is 3.48. The third-order valence-electron chi connectivity index (χ3n) is 3.96. The first-order chi connectivity index (χ1) is 9.51. The fourth-order valence-electron chi connectivity index (χ4n) is 2.94. The Balaban J connectivity index is 2.17. The Hall–Kier alpha value is -1.16. The molecule has 2 rings (SSSR count). The largest absolute Gasteiger partial charge is 0.366 e. The Bertz CT molecular complexity index is 448. The molecule has 112 valence electrons. The number of halogens is 2. The molecule has 0 aromatic heterocycles. The SMILES string of the molecule is CCC1CNC(CC(C)C)CN1c1ccc(F)c(F)c1. The van der Waals surface area contributed by atoms with E-state index in [1.54, 1.807) is 6.07 Å². The lowest BCUT2D eigenvalue weighted by Crippen LogP contribution is -2.56. The topological polar surface area (TPSA) is 15.3 Å². The van der Waals surface area contributed by atoms with Crippen LogP contribution in [0.5, 0.6) is 0 Å². The molecule has 0 bridgehead atoms. The summed E-state index contributed by atoms with van der Waals surface area (Å²) in [6.45, 7) is 8.28. The van der Waals surface area contributed by atoms with Crippen LogP contribution < -0.4 is 10.2 Å². The van der Waals surface area contributed by atoms with E-state index in [0.29, 0.717) is 18.0 Å². The first-order valence-electron chi connectivity index (χ1n) is 7.46. The maximum atomic E-state index is 13.5. The van der Waals surface area contributed by atoms with Crippen LogP contribution in [-0.2, 0) is 0 Å². The Kier molecular flexibility index (Phi) is 4.97. The molecule has 0 radical (unpaired) electrons. The van der Waals surface area contributed by atoms with Gasteiger partial charge in [-0.05, 0) is 30.9 Å². The first-order valence-corrected chi connectivity index (χ1v) is 7.46. The number of hydrogen-bond acceptors (Lipinski definition) is 2. The molecule has 1 N–H and O–H groups in total. The van der Waals surface area contributed by atoms with Crippen molar-refractivity contribution in [1.82, 2.24) is 5.32 Å². The fourth-order valence-corrected chi connectivity index (χ4v) is 2.94. The van der Waals surface area contributed by atoms with Crippen LogP contribution in [0, 0.1) is 17.6 Å². The molecule has 0 aliphatic carbocycles. The van der Waals surface area contributed by atoms with E-state index in [1.807, 2.05) is 0 Å². The highest BCUT2D eigenvalue weighted by atomic mass is 19.2. The van der Waals surface area contributed by atoms with Crippen molar-refractivity contribution < 1.29 is 8.78 Å². The van der Waals surface area contributed by atoms with E-state index >= 15 is 0 Å². The van der Waals surface area contributed by atoms with Crippen molar-refractivity contribution in [2.75, 3.05) is 18.0 Å². The summed E-state index contributed by atoms with van der Waals surface area (Å²) in [6, 6.07) is 4.96. The molecule has 2 atom stereocenters. The van der Waals surface area contributed by atoms with Crippen LogP contribution in [-0.4, -0.2) is 25.2 Å². The van der Waals surface area contributed by atoms with Gasteiger partial charge in [-0.2, -0.15) is 0 Å². The molecular formula is C16H24F2N2. The van der Waals surface area contributed by atoms with Gasteiger partial charge in [0, 0.05) is 36.9 Å². The Morgan fingerprint density at radius 3 is 2.65 bits per heavy atom. The molecule has 2 nitrogen and oxygen atoms in total. The highest BCUT2D eigenvalue weighted by molar-refractivity contribution is 5.48. The molecule has 1 aliphatic rings. The minimum Gasteiger partial charge on any atom is -0.366 e. The quantitative estimate of drug-likeness (QED) is 0.908. The van der Waals surface area contributed by atoms with Crippen molar-refractivity contribution >= 4 is 5.69 Å². The second-order valence-corrected chi connectivity index (χ2v) is 6.05. The van der Waals surface area contributed by atoms with Gasteiger partial charge in [0.15, 0.2) is 11.6 Å². The van der Waals surface area contributed by atoms with Crippen molar-refractivity contribution in [3.8, 4) is 0 Å². The third-order valence-corrected chi connectivity index (χ3v) is 3.96. The van der Waals surface area contributed by atoms with Gasteiger partial charge in [0.25, 0.3) is 0 Å². The Labute approximate surface area is 120 Å². The lowest BCUT2D eigenvalue weighted by atomic mass is 9.98.